The first-order chi connectivity index (χ1) is 11.5. The number of hydrogen-bond donors (Lipinski definition) is 2. The normalized spacial score (nSPS) is 19.9. The number of aliphatic hydroxyl groups excluding tert-OH is 1. The Bertz CT molecular complexity index is 524. The number of rotatable bonds is 7. The van der Waals surface area contributed by atoms with Crippen LogP contribution in [0.3, 0.4) is 0 Å². The number of piperidine rings is 1. The predicted molar refractivity (Wildman–Crippen MR) is 99.3 cm³/mol. The standard InChI is InChI=1S/C20H32N2O2/c1-4-18(23)17-11-5-6-13-22(17)14-8-12-19(24)21-20-15(2)9-7-10-16(20)3/h7,9-10,17-18,23H,4-6,8,11-14H2,1-3H3,(H,21,24). The molecule has 0 saturated carbocycles. The lowest BCUT2D eigenvalue weighted by atomic mass is 9.95. The molecule has 0 spiro atoms. The molecule has 1 saturated heterocycles. The number of likely N-dealkylation sites (tertiary alicyclic amines) is 1. The van der Waals surface area contributed by atoms with Crippen LogP contribution in [0.1, 0.15) is 56.6 Å². The Morgan fingerprint density at radius 3 is 2.71 bits per heavy atom. The zero-order chi connectivity index (χ0) is 17.5. The number of hydrogen-bond acceptors (Lipinski definition) is 3. The van der Waals surface area contributed by atoms with Gasteiger partial charge in [0, 0.05) is 18.2 Å². The van der Waals surface area contributed by atoms with Crippen LogP contribution in [0.2, 0.25) is 0 Å². The summed E-state index contributed by atoms with van der Waals surface area (Å²) in [6.07, 6.45) is 5.39. The van der Waals surface area contributed by atoms with Crippen LogP contribution in [0.5, 0.6) is 0 Å². The molecule has 0 aromatic heterocycles. The average Bonchev–Trinajstić information content (AvgIpc) is 2.58. The second-order valence-electron chi connectivity index (χ2n) is 6.99. The Morgan fingerprint density at radius 1 is 1.33 bits per heavy atom. The quantitative estimate of drug-likeness (QED) is 0.801. The van der Waals surface area contributed by atoms with Gasteiger partial charge in [0.15, 0.2) is 0 Å². The molecule has 1 amide bonds. The molecule has 2 rings (SSSR count). The maximum absolute atomic E-state index is 12.3. The van der Waals surface area contributed by atoms with Gasteiger partial charge in [-0.2, -0.15) is 0 Å². The van der Waals surface area contributed by atoms with Crippen molar-refractivity contribution in [2.24, 2.45) is 0 Å². The van der Waals surface area contributed by atoms with Gasteiger partial charge < -0.3 is 10.4 Å². The van der Waals surface area contributed by atoms with Crippen LogP contribution in [0.25, 0.3) is 0 Å². The molecular formula is C20H32N2O2. The molecule has 1 aromatic rings. The number of benzene rings is 1. The fourth-order valence-electron chi connectivity index (χ4n) is 3.66. The SMILES string of the molecule is CCC(O)C1CCCCN1CCCC(=O)Nc1c(C)cccc1C. The van der Waals surface area contributed by atoms with Crippen molar-refractivity contribution in [2.75, 3.05) is 18.4 Å². The highest BCUT2D eigenvalue weighted by atomic mass is 16.3. The molecule has 134 valence electrons. The lowest BCUT2D eigenvalue weighted by molar-refractivity contribution is -0.116. The Hall–Kier alpha value is -1.39. The van der Waals surface area contributed by atoms with E-state index in [0.29, 0.717) is 6.42 Å². The molecule has 24 heavy (non-hydrogen) atoms. The fraction of sp³-hybridized carbons (Fsp3) is 0.650. The largest absolute Gasteiger partial charge is 0.392 e. The van der Waals surface area contributed by atoms with Gasteiger partial charge in [-0.05, 0) is 63.7 Å². The third-order valence-corrected chi connectivity index (χ3v) is 5.12. The fourth-order valence-corrected chi connectivity index (χ4v) is 3.66. The Labute approximate surface area is 146 Å². The van der Waals surface area contributed by atoms with E-state index in [4.69, 9.17) is 0 Å². The number of nitrogens with zero attached hydrogens (tertiary/aromatic N) is 1. The van der Waals surface area contributed by atoms with Crippen molar-refractivity contribution >= 4 is 11.6 Å². The number of amides is 1. The molecule has 4 heteroatoms. The molecule has 1 aliphatic heterocycles. The summed E-state index contributed by atoms with van der Waals surface area (Å²) >= 11 is 0. The third kappa shape index (κ3) is 5.05. The maximum atomic E-state index is 12.3. The van der Waals surface area contributed by atoms with Gasteiger partial charge in [0.25, 0.3) is 0 Å². The summed E-state index contributed by atoms with van der Waals surface area (Å²) in [6, 6.07) is 6.32. The van der Waals surface area contributed by atoms with Crippen molar-refractivity contribution in [3.8, 4) is 0 Å². The van der Waals surface area contributed by atoms with E-state index in [-0.39, 0.29) is 18.1 Å². The Morgan fingerprint density at radius 2 is 2.04 bits per heavy atom. The van der Waals surface area contributed by atoms with Crippen molar-refractivity contribution < 1.29 is 9.90 Å². The molecule has 0 bridgehead atoms. The molecule has 1 aliphatic rings. The molecule has 1 fully saturated rings. The van der Waals surface area contributed by atoms with E-state index in [0.717, 1.165) is 49.2 Å². The van der Waals surface area contributed by atoms with Crippen LogP contribution in [0.4, 0.5) is 5.69 Å². The highest BCUT2D eigenvalue weighted by Gasteiger charge is 2.27. The van der Waals surface area contributed by atoms with Crippen LogP contribution in [-0.2, 0) is 4.79 Å². The first kappa shape index (κ1) is 18.9. The van der Waals surface area contributed by atoms with Crippen LogP contribution < -0.4 is 5.32 Å². The molecule has 1 aromatic carbocycles. The number of nitrogens with one attached hydrogen (secondary N) is 1. The smallest absolute Gasteiger partial charge is 0.224 e. The topological polar surface area (TPSA) is 52.6 Å². The number of anilines is 1. The van der Waals surface area contributed by atoms with E-state index in [1.54, 1.807) is 0 Å². The van der Waals surface area contributed by atoms with Crippen molar-refractivity contribution in [1.29, 1.82) is 0 Å². The third-order valence-electron chi connectivity index (χ3n) is 5.12. The lowest BCUT2D eigenvalue weighted by Gasteiger charge is -2.38. The highest BCUT2D eigenvalue weighted by Crippen LogP contribution is 2.22. The van der Waals surface area contributed by atoms with Crippen LogP contribution in [-0.4, -0.2) is 41.1 Å². The average molecular weight is 332 g/mol. The number of para-hydroxylation sites is 1. The summed E-state index contributed by atoms with van der Waals surface area (Å²) in [7, 11) is 0. The molecular weight excluding hydrogens is 300 g/mol. The van der Waals surface area contributed by atoms with Gasteiger partial charge in [0.2, 0.25) is 5.91 Å². The molecule has 1 heterocycles. The van der Waals surface area contributed by atoms with Gasteiger partial charge >= 0.3 is 0 Å². The van der Waals surface area contributed by atoms with E-state index in [1.807, 2.05) is 39.0 Å². The Balaban J connectivity index is 1.81. The molecule has 2 N–H and O–H groups in total. The summed E-state index contributed by atoms with van der Waals surface area (Å²) < 4.78 is 0. The summed E-state index contributed by atoms with van der Waals surface area (Å²) in [6.45, 7) is 8.01. The van der Waals surface area contributed by atoms with Crippen molar-refractivity contribution in [3.05, 3.63) is 29.3 Å². The molecule has 2 atom stereocenters. The summed E-state index contributed by atoms with van der Waals surface area (Å²) in [5, 5.41) is 13.3. The number of aryl methyl sites for hydroxylation is 2. The first-order valence-corrected chi connectivity index (χ1v) is 9.31. The highest BCUT2D eigenvalue weighted by molar-refractivity contribution is 5.92. The molecule has 0 aliphatic carbocycles. The van der Waals surface area contributed by atoms with Crippen LogP contribution in [0, 0.1) is 13.8 Å². The van der Waals surface area contributed by atoms with E-state index < -0.39 is 0 Å². The second kappa shape index (κ2) is 9.19. The zero-order valence-electron chi connectivity index (χ0n) is 15.3. The van der Waals surface area contributed by atoms with Gasteiger partial charge in [-0.1, -0.05) is 31.5 Å². The monoisotopic (exact) mass is 332 g/mol. The van der Waals surface area contributed by atoms with Gasteiger partial charge in [-0.25, -0.2) is 0 Å². The minimum absolute atomic E-state index is 0.0806. The number of aliphatic hydroxyl groups is 1. The van der Waals surface area contributed by atoms with Crippen molar-refractivity contribution in [2.45, 2.75) is 71.4 Å². The number of carbonyl (C=O) groups excluding carboxylic acids is 1. The van der Waals surface area contributed by atoms with Crippen LogP contribution >= 0.6 is 0 Å². The van der Waals surface area contributed by atoms with E-state index in [1.165, 1.54) is 12.8 Å². The van der Waals surface area contributed by atoms with Gasteiger partial charge in [0.05, 0.1) is 6.10 Å². The van der Waals surface area contributed by atoms with E-state index in [2.05, 4.69) is 10.2 Å². The summed E-state index contributed by atoms with van der Waals surface area (Å²) in [5.41, 5.74) is 3.15. The van der Waals surface area contributed by atoms with Gasteiger partial charge in [-0.3, -0.25) is 9.69 Å². The predicted octanol–water partition coefficient (Wildman–Crippen LogP) is 3.65. The second-order valence-corrected chi connectivity index (χ2v) is 6.99. The minimum atomic E-state index is -0.242. The molecule has 4 nitrogen and oxygen atoms in total. The summed E-state index contributed by atoms with van der Waals surface area (Å²) in [5.74, 6) is 0.0806. The van der Waals surface area contributed by atoms with Crippen molar-refractivity contribution in [1.82, 2.24) is 4.90 Å². The zero-order valence-corrected chi connectivity index (χ0v) is 15.3. The lowest BCUT2D eigenvalue weighted by Crippen LogP contribution is -2.47. The minimum Gasteiger partial charge on any atom is -0.392 e. The summed E-state index contributed by atoms with van der Waals surface area (Å²) in [4.78, 5) is 14.6. The van der Waals surface area contributed by atoms with E-state index >= 15 is 0 Å². The molecule has 0 radical (unpaired) electrons. The van der Waals surface area contributed by atoms with Crippen molar-refractivity contribution in [3.63, 3.8) is 0 Å². The molecule has 2 unspecified atom stereocenters. The van der Waals surface area contributed by atoms with E-state index in [9.17, 15) is 9.90 Å². The first-order valence-electron chi connectivity index (χ1n) is 9.31. The van der Waals surface area contributed by atoms with Gasteiger partial charge in [-0.15, -0.1) is 0 Å². The Kier molecular flexibility index (Phi) is 7.25. The van der Waals surface area contributed by atoms with Gasteiger partial charge in [0.1, 0.15) is 0 Å². The number of carbonyl (C=O) groups is 1. The maximum Gasteiger partial charge on any atom is 0.224 e. The van der Waals surface area contributed by atoms with Crippen LogP contribution in [0.15, 0.2) is 18.2 Å².